The Morgan fingerprint density at radius 2 is 0.921 bits per heavy atom. The van der Waals surface area contributed by atoms with E-state index in [1.807, 2.05) is 0 Å². The summed E-state index contributed by atoms with van der Waals surface area (Å²) in [4.78, 5) is 0. The van der Waals surface area contributed by atoms with E-state index >= 15 is 0 Å². The second-order valence-corrected chi connectivity index (χ2v) is 10.4. The predicted molar refractivity (Wildman–Crippen MR) is 136 cm³/mol. The molecule has 0 fully saturated rings. The maximum atomic E-state index is 9.87. The third kappa shape index (κ3) is 25.7. The molecule has 0 aliphatic rings. The largest absolute Gasteiger partial charge is 0.378 e. The Labute approximate surface area is 231 Å². The zero-order valence-corrected chi connectivity index (χ0v) is 22.8. The molecule has 0 aliphatic heterocycles. The third-order valence-corrected chi connectivity index (χ3v) is 5.95. The van der Waals surface area contributed by atoms with E-state index in [2.05, 4.69) is 116 Å². The van der Waals surface area contributed by atoms with Crippen molar-refractivity contribution in [1.82, 2.24) is 0 Å². The topological polar surface area (TPSA) is 49.0 Å². The van der Waals surface area contributed by atoms with E-state index in [4.69, 9.17) is 9.30 Å². The summed E-state index contributed by atoms with van der Waals surface area (Å²) in [5.41, 5.74) is 0. The fourth-order valence-corrected chi connectivity index (χ4v) is 4.69. The summed E-state index contributed by atoms with van der Waals surface area (Å²) in [6, 6.07) is 32.3. The Morgan fingerprint density at radius 1 is 0.658 bits per heavy atom. The van der Waals surface area contributed by atoms with Crippen LogP contribution in [0.2, 0.25) is 0 Å². The Balaban J connectivity index is -0.000000542. The summed E-state index contributed by atoms with van der Waals surface area (Å²) >= 11 is 0. The molecule has 0 unspecified atom stereocenters. The fraction of sp³-hybridized carbons (Fsp3) is 0.0385. The van der Waals surface area contributed by atoms with Crippen molar-refractivity contribution in [3.05, 3.63) is 137 Å². The van der Waals surface area contributed by atoms with Gasteiger partial charge in [0.25, 0.3) is 0 Å². The monoisotopic (exact) mass is 616 g/mol. The first-order valence-electron chi connectivity index (χ1n) is 9.88. The molecular weight excluding hydrogens is 592 g/mol. The van der Waals surface area contributed by atoms with Gasteiger partial charge in [0.15, 0.2) is 0 Å². The summed E-state index contributed by atoms with van der Waals surface area (Å²) < 4.78 is 78.8. The van der Waals surface area contributed by atoms with Gasteiger partial charge in [0, 0.05) is 24.2 Å². The molecule has 0 atom stereocenters. The minimum absolute atomic E-state index is 0. The van der Waals surface area contributed by atoms with E-state index in [9.17, 15) is 25.2 Å². The Kier molecular flexibility index (Phi) is 21.4. The zero-order chi connectivity index (χ0) is 28.9. The summed E-state index contributed by atoms with van der Waals surface area (Å²) in [6.45, 7) is 14.1. The molecule has 0 heterocycles. The van der Waals surface area contributed by atoms with Crippen molar-refractivity contribution in [2.45, 2.75) is 0 Å². The second-order valence-electron chi connectivity index (χ2n) is 6.29. The van der Waals surface area contributed by atoms with Gasteiger partial charge in [-0.3, -0.25) is 0 Å². The summed E-state index contributed by atoms with van der Waals surface area (Å²) in [5, 5.41) is 4.19. The molecule has 0 N–H and O–H groups in total. The molecule has 3 rings (SSSR count). The van der Waals surface area contributed by atoms with Crippen LogP contribution in [0.4, 0.5) is 25.2 Å². The Morgan fingerprint density at radius 3 is 1.13 bits per heavy atom. The molecule has 3 nitrogen and oxygen atoms in total. The Hall–Kier alpha value is -1.94. The molecule has 12 heteroatoms. The number of halogens is 6. The molecule has 0 spiro atoms. The van der Waals surface area contributed by atoms with Crippen LogP contribution in [0.5, 0.6) is 0 Å². The minimum atomic E-state index is -10.7. The van der Waals surface area contributed by atoms with Gasteiger partial charge >= 0.3 is 55.6 Å². The van der Waals surface area contributed by atoms with Crippen LogP contribution in [0.3, 0.4) is 0 Å². The van der Waals surface area contributed by atoms with Gasteiger partial charge in [-0.15, -0.1) is 0 Å². The number of ether oxygens (including phenoxy) is 1. The first kappa shape index (κ1) is 40.6. The van der Waals surface area contributed by atoms with E-state index in [0.717, 1.165) is 0 Å². The molecule has 38 heavy (non-hydrogen) atoms. The molecular formula is C26H24F6FeO3P2-. The molecule has 0 saturated carbocycles. The molecule has 0 amide bonds. The van der Waals surface area contributed by atoms with E-state index in [1.165, 1.54) is 15.9 Å². The van der Waals surface area contributed by atoms with Crippen molar-refractivity contribution >= 4 is 31.6 Å². The quantitative estimate of drug-likeness (QED) is 0.0664. The number of hydrogen-bond acceptors (Lipinski definition) is 1. The molecule has 0 saturated heterocycles. The van der Waals surface area contributed by atoms with Gasteiger partial charge in [-0.1, -0.05) is 91.0 Å². The van der Waals surface area contributed by atoms with E-state index in [1.54, 1.807) is 33.0 Å². The van der Waals surface area contributed by atoms with Gasteiger partial charge in [-0.2, -0.15) is 0 Å². The fourth-order valence-electron chi connectivity index (χ4n) is 2.38. The van der Waals surface area contributed by atoms with Crippen LogP contribution in [-0.2, 0) is 31.1 Å². The average molecular weight is 616 g/mol. The van der Waals surface area contributed by atoms with Crippen LogP contribution in [-0.4, -0.2) is 7.11 Å². The van der Waals surface area contributed by atoms with Crippen molar-refractivity contribution in [2.75, 3.05) is 7.11 Å². The van der Waals surface area contributed by atoms with Crippen molar-refractivity contribution in [3.63, 3.8) is 0 Å². The van der Waals surface area contributed by atoms with E-state index in [0.29, 0.717) is 0 Å². The third-order valence-electron chi connectivity index (χ3n) is 3.51. The van der Waals surface area contributed by atoms with Crippen LogP contribution >= 0.6 is 15.7 Å². The van der Waals surface area contributed by atoms with Gasteiger partial charge in [0.2, 0.25) is 0 Å². The molecule has 0 bridgehead atoms. The van der Waals surface area contributed by atoms with Gasteiger partial charge < -0.3 is 4.74 Å². The molecule has 0 aromatic heterocycles. The van der Waals surface area contributed by atoms with Crippen LogP contribution in [0.25, 0.3) is 0 Å². The summed E-state index contributed by atoms with van der Waals surface area (Å²) in [7, 11) is -9.50. The van der Waals surface area contributed by atoms with E-state index < -0.39 is 15.7 Å². The van der Waals surface area contributed by atoms with Crippen LogP contribution in [0.1, 0.15) is 0 Å². The minimum Gasteiger partial charge on any atom is -0.378 e. The number of rotatable bonds is 7. The first-order valence-corrected chi connectivity index (χ1v) is 13.2. The van der Waals surface area contributed by atoms with Gasteiger partial charge in [0.05, 0.1) is 6.61 Å². The molecule has 3 aromatic carbocycles. The number of benzene rings is 3. The first-order chi connectivity index (χ1) is 17.3. The Bertz CT molecular complexity index is 891. The molecule has 5 radical (unpaired) electrons. The SMILES string of the molecule is F[P-](F)(F)(F)(F)F.[C-]#[O+].[C-]#[O+].[CH2][CH][CH][CH][CH]OC.[Fe].c1ccc(P(c2ccccc2)c2ccccc2)cc1. The summed E-state index contributed by atoms with van der Waals surface area (Å²) in [6.07, 6.45) is 5.26. The number of hydrogen-bond donors (Lipinski definition) is 0. The second kappa shape index (κ2) is 20.0. The van der Waals surface area contributed by atoms with Gasteiger partial charge in [0.1, 0.15) is 0 Å². The van der Waals surface area contributed by atoms with Crippen molar-refractivity contribution < 1.29 is 56.3 Å². The molecule has 3 aromatic rings. The van der Waals surface area contributed by atoms with Gasteiger partial charge in [-0.25, -0.2) is 0 Å². The van der Waals surface area contributed by atoms with E-state index in [-0.39, 0.29) is 17.1 Å². The molecule has 0 aliphatic carbocycles. The standard InChI is InChI=1S/C18H15P.C6H9O.2CO.F6P.Fe/c1-4-10-16(11-5-1)19(17-12-6-2-7-13-17)18-14-8-3-9-15-18;1-3-4-5-6-7-2;2*1-2;1-7(2,3,4,5)6;/h1-15H;3-6H,1H2,2H3;;;;/q;;;;-1;. The number of methoxy groups -OCH3 is 1. The number of unbranched alkanes of at least 4 members (excludes halogenated alkanes) is 2. The summed E-state index contributed by atoms with van der Waals surface area (Å²) in [5.74, 6) is 0. The maximum absolute atomic E-state index is 10.7. The van der Waals surface area contributed by atoms with Gasteiger partial charge in [-0.05, 0) is 50.0 Å². The maximum Gasteiger partial charge on any atom is 0.0870 e. The normalized spacial score (nSPS) is 11.4. The smallest absolute Gasteiger partial charge is 0.0870 e. The van der Waals surface area contributed by atoms with Crippen LogP contribution in [0, 0.1) is 46.1 Å². The van der Waals surface area contributed by atoms with Crippen molar-refractivity contribution in [3.8, 4) is 0 Å². The predicted octanol–water partition coefficient (Wildman–Crippen LogP) is 7.99. The van der Waals surface area contributed by atoms with Crippen LogP contribution in [0.15, 0.2) is 91.0 Å². The van der Waals surface area contributed by atoms with Crippen molar-refractivity contribution in [1.29, 1.82) is 0 Å². The zero-order valence-electron chi connectivity index (χ0n) is 19.9. The van der Waals surface area contributed by atoms with Crippen molar-refractivity contribution in [2.24, 2.45) is 0 Å². The molecule has 207 valence electrons. The average Bonchev–Trinajstić information content (AvgIpc) is 2.88. The van der Waals surface area contributed by atoms with Crippen LogP contribution < -0.4 is 15.9 Å².